The van der Waals surface area contributed by atoms with Crippen molar-refractivity contribution in [3.05, 3.63) is 30.1 Å². The van der Waals surface area contributed by atoms with E-state index in [0.29, 0.717) is 13.0 Å². The first kappa shape index (κ1) is 20.0. The van der Waals surface area contributed by atoms with Gasteiger partial charge in [0.1, 0.15) is 6.10 Å². The fourth-order valence-electron chi connectivity index (χ4n) is 3.24. The monoisotopic (exact) mass is 364 g/mol. The number of halogens is 1. The number of amides is 1. The number of ether oxygens (including phenoxy) is 1. The Morgan fingerprint density at radius 3 is 2.92 bits per heavy atom. The lowest BCUT2D eigenvalue weighted by Gasteiger charge is -2.35. The lowest BCUT2D eigenvalue weighted by molar-refractivity contribution is -0.119. The maximum atomic E-state index is 13.8. The van der Waals surface area contributed by atoms with E-state index in [-0.39, 0.29) is 29.5 Å². The van der Waals surface area contributed by atoms with E-state index in [4.69, 9.17) is 10.5 Å². The van der Waals surface area contributed by atoms with Crippen LogP contribution < -0.4 is 15.8 Å². The summed E-state index contributed by atoms with van der Waals surface area (Å²) >= 11 is 0. The molecule has 2 rings (SSSR count). The average molecular weight is 364 g/mol. The van der Waals surface area contributed by atoms with Gasteiger partial charge in [0.2, 0.25) is 5.91 Å². The molecule has 0 aromatic heterocycles. The number of hydrogen-bond donors (Lipinski definition) is 2. The molecule has 3 N–H and O–H groups in total. The van der Waals surface area contributed by atoms with Gasteiger partial charge < -0.3 is 20.7 Å². The highest BCUT2D eigenvalue weighted by atomic mass is 19.1. The second kappa shape index (κ2) is 9.99. The van der Waals surface area contributed by atoms with Crippen LogP contribution in [0, 0.1) is 11.7 Å². The highest BCUT2D eigenvalue weighted by Gasteiger charge is 2.24. The molecule has 1 aliphatic rings. The van der Waals surface area contributed by atoms with Gasteiger partial charge in [0.05, 0.1) is 6.54 Å². The van der Waals surface area contributed by atoms with E-state index in [0.717, 1.165) is 38.3 Å². The predicted molar refractivity (Wildman–Crippen MR) is 101 cm³/mol. The van der Waals surface area contributed by atoms with Gasteiger partial charge in [-0.15, -0.1) is 0 Å². The number of piperidine rings is 1. The van der Waals surface area contributed by atoms with E-state index in [1.54, 1.807) is 25.2 Å². The van der Waals surface area contributed by atoms with Crippen molar-refractivity contribution in [3.63, 3.8) is 0 Å². The molecular formula is C19H29FN4O2. The first-order valence-corrected chi connectivity index (χ1v) is 9.18. The van der Waals surface area contributed by atoms with E-state index in [1.807, 2.05) is 6.92 Å². The second-order valence-corrected chi connectivity index (χ2v) is 6.63. The van der Waals surface area contributed by atoms with Gasteiger partial charge >= 0.3 is 0 Å². The number of carbonyl (C=O) groups excluding carboxylic acids is 1. The lowest BCUT2D eigenvalue weighted by Crippen LogP contribution is -2.49. The van der Waals surface area contributed by atoms with Crippen LogP contribution in [0.2, 0.25) is 0 Å². The molecule has 0 aliphatic carbocycles. The Kier molecular flexibility index (Phi) is 7.69. The van der Waals surface area contributed by atoms with Crippen LogP contribution in [0.3, 0.4) is 0 Å². The summed E-state index contributed by atoms with van der Waals surface area (Å²) in [6.45, 7) is 4.17. The molecule has 1 aromatic carbocycles. The Balaban J connectivity index is 1.90. The summed E-state index contributed by atoms with van der Waals surface area (Å²) in [6, 6.07) is 6.42. The molecule has 0 bridgehead atoms. The van der Waals surface area contributed by atoms with Gasteiger partial charge in [-0.2, -0.15) is 0 Å². The third-order valence-corrected chi connectivity index (χ3v) is 4.59. The summed E-state index contributed by atoms with van der Waals surface area (Å²) < 4.78 is 19.6. The molecule has 26 heavy (non-hydrogen) atoms. The molecule has 1 aromatic rings. The molecule has 2 unspecified atom stereocenters. The average Bonchev–Trinajstić information content (AvgIpc) is 2.62. The number of guanidine groups is 1. The minimum absolute atomic E-state index is 0.171. The quantitative estimate of drug-likeness (QED) is 0.574. The summed E-state index contributed by atoms with van der Waals surface area (Å²) in [5.41, 5.74) is 5.33. The highest BCUT2D eigenvalue weighted by Crippen LogP contribution is 2.20. The van der Waals surface area contributed by atoms with Crippen LogP contribution in [0.4, 0.5) is 4.39 Å². The normalized spacial score (nSPS) is 19.1. The Morgan fingerprint density at radius 2 is 2.27 bits per heavy atom. The van der Waals surface area contributed by atoms with Crippen molar-refractivity contribution >= 4 is 11.9 Å². The van der Waals surface area contributed by atoms with Crippen molar-refractivity contribution < 1.29 is 13.9 Å². The van der Waals surface area contributed by atoms with Crippen LogP contribution in [0.5, 0.6) is 5.75 Å². The van der Waals surface area contributed by atoms with E-state index in [9.17, 15) is 9.18 Å². The van der Waals surface area contributed by atoms with Crippen LogP contribution in [-0.2, 0) is 4.79 Å². The second-order valence-electron chi connectivity index (χ2n) is 6.63. The molecule has 0 radical (unpaired) electrons. The maximum absolute atomic E-state index is 13.8. The zero-order chi connectivity index (χ0) is 18.9. The third-order valence-electron chi connectivity index (χ3n) is 4.59. The molecule has 0 saturated carbocycles. The molecule has 1 fully saturated rings. The number of nitrogens with zero attached hydrogens (tertiary/aromatic N) is 2. The molecule has 6 nitrogen and oxygen atoms in total. The smallest absolute Gasteiger partial charge is 0.217 e. The number of para-hydroxylation sites is 1. The zero-order valence-corrected chi connectivity index (χ0v) is 15.6. The topological polar surface area (TPSA) is 80.0 Å². The standard InChI is InChI=1S/C19H29FN4O2/c1-3-15(26-17-9-5-4-8-16(17)20)12-23-19(22-2)24-10-6-7-14(13-24)11-18(21)25/h4-5,8-9,14-15H,3,6-7,10-13H2,1-2H3,(H2,21,25)(H,22,23). The molecule has 1 saturated heterocycles. The highest BCUT2D eigenvalue weighted by molar-refractivity contribution is 5.80. The summed E-state index contributed by atoms with van der Waals surface area (Å²) in [7, 11) is 1.73. The van der Waals surface area contributed by atoms with E-state index < -0.39 is 0 Å². The summed E-state index contributed by atoms with van der Waals surface area (Å²) in [4.78, 5) is 17.7. The van der Waals surface area contributed by atoms with Gasteiger partial charge in [-0.05, 0) is 37.3 Å². The zero-order valence-electron chi connectivity index (χ0n) is 15.6. The van der Waals surface area contributed by atoms with Crippen LogP contribution >= 0.6 is 0 Å². The molecule has 1 amide bonds. The molecular weight excluding hydrogens is 335 g/mol. The molecule has 0 spiro atoms. The van der Waals surface area contributed by atoms with Crippen molar-refractivity contribution in [3.8, 4) is 5.75 Å². The van der Waals surface area contributed by atoms with Crippen molar-refractivity contribution in [2.24, 2.45) is 16.6 Å². The van der Waals surface area contributed by atoms with Crippen molar-refractivity contribution in [1.82, 2.24) is 10.2 Å². The minimum Gasteiger partial charge on any atom is -0.486 e. The maximum Gasteiger partial charge on any atom is 0.217 e. The van der Waals surface area contributed by atoms with Crippen LogP contribution in [0.25, 0.3) is 0 Å². The van der Waals surface area contributed by atoms with Crippen LogP contribution in [0.1, 0.15) is 32.6 Å². The molecule has 7 heteroatoms. The summed E-state index contributed by atoms with van der Waals surface area (Å²) in [5.74, 6) is 0.673. The lowest BCUT2D eigenvalue weighted by atomic mass is 9.95. The number of rotatable bonds is 7. The van der Waals surface area contributed by atoms with E-state index >= 15 is 0 Å². The molecule has 1 heterocycles. The number of nitrogens with two attached hydrogens (primary N) is 1. The van der Waals surface area contributed by atoms with Crippen molar-refractivity contribution in [1.29, 1.82) is 0 Å². The Bertz CT molecular complexity index is 623. The third kappa shape index (κ3) is 5.89. The number of nitrogens with one attached hydrogen (secondary N) is 1. The Hall–Kier alpha value is -2.31. The molecule has 2 atom stereocenters. The largest absolute Gasteiger partial charge is 0.486 e. The number of likely N-dealkylation sites (tertiary alicyclic amines) is 1. The first-order valence-electron chi connectivity index (χ1n) is 9.18. The van der Waals surface area contributed by atoms with E-state index in [2.05, 4.69) is 15.2 Å². The number of benzene rings is 1. The predicted octanol–water partition coefficient (Wildman–Crippen LogP) is 2.15. The van der Waals surface area contributed by atoms with Crippen LogP contribution in [0.15, 0.2) is 29.3 Å². The number of hydrogen-bond acceptors (Lipinski definition) is 3. The van der Waals surface area contributed by atoms with Gasteiger partial charge in [0.25, 0.3) is 0 Å². The first-order chi connectivity index (χ1) is 12.5. The van der Waals surface area contributed by atoms with E-state index in [1.165, 1.54) is 6.07 Å². The SMILES string of the molecule is CCC(CNC(=NC)N1CCCC(CC(N)=O)C1)Oc1ccccc1F. The van der Waals surface area contributed by atoms with Crippen molar-refractivity contribution in [2.45, 2.75) is 38.7 Å². The van der Waals surface area contributed by atoms with Gasteiger partial charge in [0, 0.05) is 26.6 Å². The fraction of sp³-hybridized carbons (Fsp3) is 0.579. The fourth-order valence-corrected chi connectivity index (χ4v) is 3.24. The summed E-state index contributed by atoms with van der Waals surface area (Å²) in [5, 5.41) is 3.32. The van der Waals surface area contributed by atoms with Crippen molar-refractivity contribution in [2.75, 3.05) is 26.7 Å². The number of carbonyl (C=O) groups is 1. The number of primary amides is 1. The Labute approximate surface area is 154 Å². The van der Waals surface area contributed by atoms with Crippen LogP contribution in [-0.4, -0.2) is 49.6 Å². The van der Waals surface area contributed by atoms with Gasteiger partial charge in [-0.25, -0.2) is 4.39 Å². The molecule has 1 aliphatic heterocycles. The minimum atomic E-state index is -0.361. The Morgan fingerprint density at radius 1 is 1.50 bits per heavy atom. The van der Waals surface area contributed by atoms with Gasteiger partial charge in [0.15, 0.2) is 17.5 Å². The van der Waals surface area contributed by atoms with Gasteiger partial charge in [-0.3, -0.25) is 9.79 Å². The summed E-state index contributed by atoms with van der Waals surface area (Å²) in [6.07, 6.45) is 2.98. The molecule has 144 valence electrons. The number of aliphatic imine (C=N–C) groups is 1. The van der Waals surface area contributed by atoms with Gasteiger partial charge in [-0.1, -0.05) is 19.1 Å².